The molecule has 3 nitrogen and oxygen atoms in total. The van der Waals surface area contributed by atoms with Crippen molar-refractivity contribution in [2.45, 2.75) is 51.0 Å². The SMILES string of the molecule is O=C(N[C@H](C1CCCCC1)C1CC1)Oc1ccccc1. The second kappa shape index (κ2) is 6.29. The molecule has 2 saturated carbocycles. The van der Waals surface area contributed by atoms with Crippen molar-refractivity contribution in [2.24, 2.45) is 11.8 Å². The van der Waals surface area contributed by atoms with Crippen LogP contribution in [0, 0.1) is 11.8 Å². The van der Waals surface area contributed by atoms with Gasteiger partial charge in [0, 0.05) is 6.04 Å². The predicted octanol–water partition coefficient (Wildman–Crippen LogP) is 4.13. The topological polar surface area (TPSA) is 38.3 Å². The minimum atomic E-state index is -0.293. The van der Waals surface area contributed by atoms with Crippen LogP contribution in [0.5, 0.6) is 5.75 Å². The van der Waals surface area contributed by atoms with Crippen LogP contribution in [0.3, 0.4) is 0 Å². The van der Waals surface area contributed by atoms with Crippen LogP contribution in [0.4, 0.5) is 4.79 Å². The van der Waals surface area contributed by atoms with E-state index in [-0.39, 0.29) is 6.09 Å². The molecule has 1 aromatic carbocycles. The number of ether oxygens (including phenoxy) is 1. The molecule has 0 saturated heterocycles. The third-order valence-electron chi connectivity index (χ3n) is 4.53. The highest BCUT2D eigenvalue weighted by atomic mass is 16.6. The van der Waals surface area contributed by atoms with E-state index in [2.05, 4.69) is 5.32 Å². The van der Waals surface area contributed by atoms with Crippen molar-refractivity contribution >= 4 is 6.09 Å². The molecule has 1 N–H and O–H groups in total. The molecule has 3 heteroatoms. The number of benzene rings is 1. The third kappa shape index (κ3) is 3.53. The summed E-state index contributed by atoms with van der Waals surface area (Å²) >= 11 is 0. The first kappa shape index (κ1) is 13.5. The molecule has 0 aliphatic heterocycles. The average molecular weight is 273 g/mol. The zero-order chi connectivity index (χ0) is 13.8. The Morgan fingerprint density at radius 3 is 2.30 bits per heavy atom. The zero-order valence-corrected chi connectivity index (χ0v) is 11.9. The van der Waals surface area contributed by atoms with Crippen molar-refractivity contribution in [3.05, 3.63) is 30.3 Å². The minimum Gasteiger partial charge on any atom is -0.410 e. The first-order chi connectivity index (χ1) is 9.83. The lowest BCUT2D eigenvalue weighted by Crippen LogP contribution is -2.43. The maximum absolute atomic E-state index is 12.1. The highest BCUT2D eigenvalue weighted by molar-refractivity contribution is 5.70. The molecular formula is C17H23NO2. The molecule has 2 fully saturated rings. The molecule has 3 rings (SSSR count). The molecule has 0 bridgehead atoms. The van der Waals surface area contributed by atoms with Gasteiger partial charge in [-0.1, -0.05) is 37.5 Å². The van der Waals surface area contributed by atoms with Gasteiger partial charge in [-0.25, -0.2) is 4.79 Å². The Kier molecular flexibility index (Phi) is 4.24. The third-order valence-corrected chi connectivity index (χ3v) is 4.53. The van der Waals surface area contributed by atoms with Crippen LogP contribution in [0.1, 0.15) is 44.9 Å². The van der Waals surface area contributed by atoms with Crippen molar-refractivity contribution in [2.75, 3.05) is 0 Å². The summed E-state index contributed by atoms with van der Waals surface area (Å²) in [6, 6.07) is 9.62. The van der Waals surface area contributed by atoms with Crippen LogP contribution in [-0.2, 0) is 0 Å². The Bertz CT molecular complexity index is 436. The molecule has 20 heavy (non-hydrogen) atoms. The fraction of sp³-hybridized carbons (Fsp3) is 0.588. The van der Waals surface area contributed by atoms with Crippen LogP contribution in [-0.4, -0.2) is 12.1 Å². The van der Waals surface area contributed by atoms with Crippen molar-refractivity contribution in [3.8, 4) is 5.75 Å². The van der Waals surface area contributed by atoms with Crippen molar-refractivity contribution in [3.63, 3.8) is 0 Å². The Balaban J connectivity index is 1.57. The second-order valence-electron chi connectivity index (χ2n) is 6.11. The molecule has 1 amide bonds. The number of amides is 1. The van der Waals surface area contributed by atoms with E-state index in [0.29, 0.717) is 23.6 Å². The van der Waals surface area contributed by atoms with Crippen molar-refractivity contribution < 1.29 is 9.53 Å². The molecule has 108 valence electrons. The Morgan fingerprint density at radius 1 is 1.00 bits per heavy atom. The summed E-state index contributed by atoms with van der Waals surface area (Å²) < 4.78 is 5.36. The van der Waals surface area contributed by atoms with Gasteiger partial charge in [0.25, 0.3) is 0 Å². The van der Waals surface area contributed by atoms with Gasteiger partial charge in [0.1, 0.15) is 5.75 Å². The lowest BCUT2D eigenvalue weighted by molar-refractivity contribution is 0.179. The fourth-order valence-electron chi connectivity index (χ4n) is 3.33. The molecule has 0 aromatic heterocycles. The molecule has 0 spiro atoms. The van der Waals surface area contributed by atoms with E-state index in [0.717, 1.165) is 0 Å². The Labute approximate surface area is 120 Å². The number of para-hydroxylation sites is 1. The van der Waals surface area contributed by atoms with Crippen LogP contribution >= 0.6 is 0 Å². The van der Waals surface area contributed by atoms with Gasteiger partial charge in [-0.15, -0.1) is 0 Å². The molecule has 1 atom stereocenters. The Hall–Kier alpha value is -1.51. The summed E-state index contributed by atoms with van der Waals surface area (Å²) in [6.07, 6.45) is 8.70. The molecule has 1 aromatic rings. The highest BCUT2D eigenvalue weighted by Gasteiger charge is 2.38. The molecular weight excluding hydrogens is 250 g/mol. The summed E-state index contributed by atoms with van der Waals surface area (Å²) in [7, 11) is 0. The largest absolute Gasteiger partial charge is 0.412 e. The van der Waals surface area contributed by atoms with E-state index in [1.165, 1.54) is 44.9 Å². The predicted molar refractivity (Wildman–Crippen MR) is 78.7 cm³/mol. The summed E-state index contributed by atoms with van der Waals surface area (Å²) in [5, 5.41) is 3.14. The summed E-state index contributed by atoms with van der Waals surface area (Å²) in [4.78, 5) is 12.1. The van der Waals surface area contributed by atoms with Gasteiger partial charge in [-0.05, 0) is 49.7 Å². The number of hydrogen-bond donors (Lipinski definition) is 1. The van der Waals surface area contributed by atoms with E-state index in [4.69, 9.17) is 4.74 Å². The first-order valence-electron chi connectivity index (χ1n) is 7.86. The monoisotopic (exact) mass is 273 g/mol. The van der Waals surface area contributed by atoms with Gasteiger partial charge in [0.2, 0.25) is 0 Å². The van der Waals surface area contributed by atoms with E-state index >= 15 is 0 Å². The molecule has 0 radical (unpaired) electrons. The summed E-state index contributed by atoms with van der Waals surface area (Å²) in [5.41, 5.74) is 0. The van der Waals surface area contributed by atoms with Crippen molar-refractivity contribution in [1.82, 2.24) is 5.32 Å². The van der Waals surface area contributed by atoms with Crippen LogP contribution in [0.15, 0.2) is 30.3 Å². The lowest BCUT2D eigenvalue weighted by Gasteiger charge is -2.30. The zero-order valence-electron chi connectivity index (χ0n) is 11.9. The minimum absolute atomic E-state index is 0.293. The van der Waals surface area contributed by atoms with Gasteiger partial charge in [-0.2, -0.15) is 0 Å². The molecule has 0 unspecified atom stereocenters. The number of nitrogens with one attached hydrogen (secondary N) is 1. The van der Waals surface area contributed by atoms with E-state index in [1.54, 1.807) is 0 Å². The summed E-state index contributed by atoms with van der Waals surface area (Å²) in [5.74, 6) is 1.95. The lowest BCUT2D eigenvalue weighted by atomic mass is 9.82. The van der Waals surface area contributed by atoms with Gasteiger partial charge in [-0.3, -0.25) is 0 Å². The smallest absolute Gasteiger partial charge is 0.410 e. The molecule has 2 aliphatic carbocycles. The van der Waals surface area contributed by atoms with E-state index in [9.17, 15) is 4.79 Å². The van der Waals surface area contributed by atoms with E-state index < -0.39 is 0 Å². The average Bonchev–Trinajstić information content (AvgIpc) is 3.31. The first-order valence-corrected chi connectivity index (χ1v) is 7.86. The normalized spacial score (nSPS) is 21.2. The number of rotatable bonds is 4. The van der Waals surface area contributed by atoms with Crippen molar-refractivity contribution in [1.29, 1.82) is 0 Å². The van der Waals surface area contributed by atoms with Gasteiger partial charge in [0.05, 0.1) is 0 Å². The van der Waals surface area contributed by atoms with Crippen LogP contribution < -0.4 is 10.1 Å². The van der Waals surface area contributed by atoms with E-state index in [1.807, 2.05) is 30.3 Å². The maximum Gasteiger partial charge on any atom is 0.412 e. The van der Waals surface area contributed by atoms with Gasteiger partial charge >= 0.3 is 6.09 Å². The molecule has 0 heterocycles. The number of hydrogen-bond acceptors (Lipinski definition) is 2. The highest BCUT2D eigenvalue weighted by Crippen LogP contribution is 2.40. The number of carbonyl (C=O) groups excluding carboxylic acids is 1. The standard InChI is InChI=1S/C17H23NO2/c19-17(20-15-9-5-2-6-10-15)18-16(14-11-12-14)13-7-3-1-4-8-13/h2,5-6,9-10,13-14,16H,1,3-4,7-8,11-12H2,(H,18,19)/t16-/m1/s1. The second-order valence-corrected chi connectivity index (χ2v) is 6.11. The quantitative estimate of drug-likeness (QED) is 0.895. The van der Waals surface area contributed by atoms with Crippen LogP contribution in [0.25, 0.3) is 0 Å². The molecule has 2 aliphatic rings. The van der Waals surface area contributed by atoms with Crippen LogP contribution in [0.2, 0.25) is 0 Å². The van der Waals surface area contributed by atoms with Gasteiger partial charge < -0.3 is 10.1 Å². The summed E-state index contributed by atoms with van der Waals surface area (Å²) in [6.45, 7) is 0. The van der Waals surface area contributed by atoms with Gasteiger partial charge in [0.15, 0.2) is 0 Å². The maximum atomic E-state index is 12.1. The number of carbonyl (C=O) groups is 1. The fourth-order valence-corrected chi connectivity index (χ4v) is 3.33. The Morgan fingerprint density at radius 2 is 1.65 bits per heavy atom.